The van der Waals surface area contributed by atoms with E-state index in [9.17, 15) is 9.18 Å². The van der Waals surface area contributed by atoms with Crippen LogP contribution in [-0.4, -0.2) is 40.7 Å². The minimum absolute atomic E-state index is 0.0882. The van der Waals surface area contributed by atoms with E-state index in [1.54, 1.807) is 7.11 Å². The van der Waals surface area contributed by atoms with Gasteiger partial charge in [0.15, 0.2) is 0 Å². The molecule has 7 heteroatoms. The summed E-state index contributed by atoms with van der Waals surface area (Å²) in [4.78, 5) is 10.8. The molecule has 184 valence electrons. The minimum Gasteiger partial charge on any atom is -0.497 e. The standard InChI is InChI=1S/C28H31FN2O4/c1-18-26(21-12-22(29)14-23(13-21)34-2)27(20-6-4-3-5-7-20)30-31(18)16-19-8-10-28(11-9-19)15-24(28)35-17-25(32)33/h3-7,12-14,19,24H,8-11,15-17H2,1-2H3,(H,32,33)/t19?,24-,28?/m1/s1. The van der Waals surface area contributed by atoms with Gasteiger partial charge in [-0.1, -0.05) is 30.3 Å². The lowest BCUT2D eigenvalue weighted by Gasteiger charge is -2.29. The number of rotatable bonds is 8. The van der Waals surface area contributed by atoms with E-state index in [4.69, 9.17) is 19.7 Å². The van der Waals surface area contributed by atoms with Crippen molar-refractivity contribution >= 4 is 5.97 Å². The fourth-order valence-corrected chi connectivity index (χ4v) is 5.62. The van der Waals surface area contributed by atoms with Crippen LogP contribution in [0.1, 0.15) is 37.8 Å². The van der Waals surface area contributed by atoms with Crippen molar-refractivity contribution in [2.45, 2.75) is 51.7 Å². The highest BCUT2D eigenvalue weighted by Crippen LogP contribution is 2.59. The SMILES string of the molecule is COc1cc(F)cc(-c2c(-c3ccccc3)nn(CC3CCC4(CC3)C[C@H]4OCC(=O)O)c2C)c1. The molecule has 3 aromatic rings. The molecule has 2 aromatic carbocycles. The molecule has 35 heavy (non-hydrogen) atoms. The molecule has 0 amide bonds. The predicted molar refractivity (Wildman–Crippen MR) is 131 cm³/mol. The molecule has 2 fully saturated rings. The fourth-order valence-electron chi connectivity index (χ4n) is 5.62. The van der Waals surface area contributed by atoms with Crippen molar-refractivity contribution < 1.29 is 23.8 Å². The van der Waals surface area contributed by atoms with Crippen molar-refractivity contribution in [2.75, 3.05) is 13.7 Å². The van der Waals surface area contributed by atoms with Crippen LogP contribution >= 0.6 is 0 Å². The summed E-state index contributed by atoms with van der Waals surface area (Å²) in [7, 11) is 1.54. The molecule has 2 saturated carbocycles. The summed E-state index contributed by atoms with van der Waals surface area (Å²) in [6.07, 6.45) is 5.30. The third kappa shape index (κ3) is 4.82. The first-order valence-electron chi connectivity index (χ1n) is 12.2. The highest BCUT2D eigenvalue weighted by molar-refractivity contribution is 5.83. The number of carbonyl (C=O) groups is 1. The molecule has 0 radical (unpaired) electrons. The zero-order valence-corrected chi connectivity index (χ0v) is 20.2. The quantitative estimate of drug-likeness (QED) is 0.448. The minimum atomic E-state index is -0.907. The summed E-state index contributed by atoms with van der Waals surface area (Å²) in [6.45, 7) is 2.64. The Morgan fingerprint density at radius 2 is 1.91 bits per heavy atom. The van der Waals surface area contributed by atoms with Crippen LogP contribution in [0.25, 0.3) is 22.4 Å². The number of halogens is 1. The number of ether oxygens (including phenoxy) is 2. The van der Waals surface area contributed by atoms with Crippen LogP contribution < -0.4 is 4.74 Å². The van der Waals surface area contributed by atoms with Crippen molar-refractivity contribution in [2.24, 2.45) is 11.3 Å². The molecule has 0 saturated heterocycles. The molecule has 1 spiro atoms. The van der Waals surface area contributed by atoms with Crippen molar-refractivity contribution in [1.29, 1.82) is 0 Å². The van der Waals surface area contributed by atoms with Crippen LogP contribution in [0.3, 0.4) is 0 Å². The number of aliphatic carboxylic acids is 1. The number of benzene rings is 2. The number of methoxy groups -OCH3 is 1. The van der Waals surface area contributed by atoms with Crippen molar-refractivity contribution in [3.05, 3.63) is 60.0 Å². The van der Waals surface area contributed by atoms with E-state index in [0.717, 1.165) is 66.7 Å². The number of aromatic nitrogens is 2. The molecule has 0 bridgehead atoms. The van der Waals surface area contributed by atoms with E-state index < -0.39 is 5.97 Å². The Balaban J connectivity index is 1.38. The zero-order valence-electron chi connectivity index (χ0n) is 20.2. The number of nitrogens with zero attached hydrogens (tertiary/aromatic N) is 2. The van der Waals surface area contributed by atoms with Crippen LogP contribution in [0, 0.1) is 24.1 Å². The second kappa shape index (κ2) is 9.46. The lowest BCUT2D eigenvalue weighted by molar-refractivity contribution is -0.143. The molecule has 6 nitrogen and oxygen atoms in total. The van der Waals surface area contributed by atoms with E-state index in [1.807, 2.05) is 43.3 Å². The first-order chi connectivity index (χ1) is 16.9. The first kappa shape index (κ1) is 23.5. The largest absolute Gasteiger partial charge is 0.497 e. The Morgan fingerprint density at radius 3 is 2.60 bits per heavy atom. The summed E-state index contributed by atoms with van der Waals surface area (Å²) in [5.41, 5.74) is 4.68. The van der Waals surface area contributed by atoms with Crippen LogP contribution in [-0.2, 0) is 16.1 Å². The maximum Gasteiger partial charge on any atom is 0.329 e. The van der Waals surface area contributed by atoms with Gasteiger partial charge in [0.25, 0.3) is 0 Å². The topological polar surface area (TPSA) is 73.6 Å². The number of carboxylic acid groups (broad SMARTS) is 1. The third-order valence-electron chi connectivity index (χ3n) is 7.70. The van der Waals surface area contributed by atoms with Crippen molar-refractivity contribution in [1.82, 2.24) is 9.78 Å². The second-order valence-electron chi connectivity index (χ2n) is 9.94. The zero-order chi connectivity index (χ0) is 24.6. The van der Waals surface area contributed by atoms with Gasteiger partial charge >= 0.3 is 5.97 Å². The Bertz CT molecular complexity index is 1220. The molecule has 1 heterocycles. The van der Waals surface area contributed by atoms with Gasteiger partial charge in [0.2, 0.25) is 0 Å². The van der Waals surface area contributed by atoms with E-state index in [1.165, 1.54) is 12.1 Å². The third-order valence-corrected chi connectivity index (χ3v) is 7.70. The molecule has 0 unspecified atom stereocenters. The maximum atomic E-state index is 14.4. The van der Waals surface area contributed by atoms with Gasteiger partial charge in [0, 0.05) is 29.4 Å². The fraction of sp³-hybridized carbons (Fsp3) is 0.429. The normalized spacial score (nSPS) is 23.4. The lowest BCUT2D eigenvalue weighted by Crippen LogP contribution is -2.24. The average molecular weight is 479 g/mol. The van der Waals surface area contributed by atoms with Gasteiger partial charge < -0.3 is 14.6 Å². The van der Waals surface area contributed by atoms with Gasteiger partial charge in [-0.3, -0.25) is 4.68 Å². The van der Waals surface area contributed by atoms with E-state index in [0.29, 0.717) is 11.7 Å². The molecule has 1 aromatic heterocycles. The molecule has 5 rings (SSSR count). The highest BCUT2D eigenvalue weighted by atomic mass is 19.1. The Labute approximate surface area is 204 Å². The van der Waals surface area contributed by atoms with Gasteiger partial charge in [0.1, 0.15) is 23.9 Å². The summed E-state index contributed by atoms with van der Waals surface area (Å²) in [5, 5.41) is 13.9. The van der Waals surface area contributed by atoms with Crippen LogP contribution in [0.5, 0.6) is 5.75 Å². The van der Waals surface area contributed by atoms with Gasteiger partial charge in [-0.05, 0) is 68.1 Å². The second-order valence-corrected chi connectivity index (χ2v) is 9.94. The Morgan fingerprint density at radius 1 is 1.17 bits per heavy atom. The predicted octanol–water partition coefficient (Wildman–Crippen LogP) is 5.72. The van der Waals surface area contributed by atoms with Crippen molar-refractivity contribution in [3.8, 4) is 28.1 Å². The number of hydrogen-bond acceptors (Lipinski definition) is 4. The smallest absolute Gasteiger partial charge is 0.329 e. The Hall–Kier alpha value is -3.19. The Kier molecular flexibility index (Phi) is 6.36. The summed E-state index contributed by atoms with van der Waals surface area (Å²) in [5.74, 6) is -0.283. The molecule has 0 aliphatic heterocycles. The van der Waals surface area contributed by atoms with Crippen molar-refractivity contribution in [3.63, 3.8) is 0 Å². The molecule has 2 aliphatic carbocycles. The van der Waals surface area contributed by atoms with E-state index in [-0.39, 0.29) is 23.9 Å². The first-order valence-corrected chi connectivity index (χ1v) is 12.2. The van der Waals surface area contributed by atoms with Crippen LogP contribution in [0.4, 0.5) is 4.39 Å². The van der Waals surface area contributed by atoms with E-state index in [2.05, 4.69) is 4.68 Å². The van der Waals surface area contributed by atoms with Gasteiger partial charge in [-0.25, -0.2) is 9.18 Å². The number of carboxylic acids is 1. The van der Waals surface area contributed by atoms with Gasteiger partial charge in [0.05, 0.1) is 13.2 Å². The molecule has 1 atom stereocenters. The lowest BCUT2D eigenvalue weighted by atomic mass is 9.79. The highest BCUT2D eigenvalue weighted by Gasteiger charge is 2.56. The van der Waals surface area contributed by atoms with E-state index >= 15 is 0 Å². The van der Waals surface area contributed by atoms with Crippen LogP contribution in [0.2, 0.25) is 0 Å². The molecule has 2 aliphatic rings. The molecular formula is C28H31FN2O4. The van der Waals surface area contributed by atoms with Gasteiger partial charge in [-0.2, -0.15) is 5.10 Å². The van der Waals surface area contributed by atoms with Crippen LogP contribution in [0.15, 0.2) is 48.5 Å². The summed E-state index contributed by atoms with van der Waals surface area (Å²) in [6, 6.07) is 14.8. The molecular weight excluding hydrogens is 447 g/mol. The monoisotopic (exact) mass is 478 g/mol. The maximum absolute atomic E-state index is 14.4. The average Bonchev–Trinajstić information content (AvgIpc) is 3.43. The van der Waals surface area contributed by atoms with Gasteiger partial charge in [-0.15, -0.1) is 0 Å². The number of hydrogen-bond donors (Lipinski definition) is 1. The summed E-state index contributed by atoms with van der Waals surface area (Å²) < 4.78 is 27.4. The molecule has 1 N–H and O–H groups in total. The summed E-state index contributed by atoms with van der Waals surface area (Å²) >= 11 is 0.